The Balaban J connectivity index is 2.32. The second-order valence-corrected chi connectivity index (χ2v) is 5.81. The number of nitrogens with zero attached hydrogens (tertiary/aromatic N) is 2. The van der Waals surface area contributed by atoms with Crippen LogP contribution in [0.2, 0.25) is 0 Å². The van der Waals surface area contributed by atoms with Gasteiger partial charge in [-0.1, -0.05) is 42.5 Å². The van der Waals surface area contributed by atoms with Gasteiger partial charge in [0.2, 0.25) is 0 Å². The Labute approximate surface area is 144 Å². The van der Waals surface area contributed by atoms with E-state index in [2.05, 4.69) is 0 Å². The molecule has 4 rings (SSSR count). The lowest BCUT2D eigenvalue weighted by molar-refractivity contribution is 0.416. The van der Waals surface area contributed by atoms with Gasteiger partial charge in [-0.05, 0) is 12.1 Å². The molecule has 0 unspecified atom stereocenters. The van der Waals surface area contributed by atoms with Crippen LogP contribution in [0.25, 0.3) is 27.4 Å². The molecule has 126 valence electrons. The molecule has 1 heterocycles. The van der Waals surface area contributed by atoms with Crippen LogP contribution < -0.4 is 15.0 Å². The van der Waals surface area contributed by atoms with Crippen LogP contribution >= 0.6 is 0 Å². The fraction of sp³-hybridized carbons (Fsp3) is 0.150. The molecule has 1 aromatic heterocycles. The normalized spacial score (nSPS) is 11.2. The summed E-state index contributed by atoms with van der Waals surface area (Å²) in [5.74, 6) is 1.23. The first-order chi connectivity index (χ1) is 12.2. The minimum absolute atomic E-state index is 0.125. The summed E-state index contributed by atoms with van der Waals surface area (Å²) < 4.78 is 14.8. The SMILES string of the molecule is COc1c2ccccc2c(OC)c2c1c(=O)n(C)n2-c1ccccc1. The van der Waals surface area contributed by atoms with Crippen LogP contribution in [0, 0.1) is 0 Å². The van der Waals surface area contributed by atoms with Crippen molar-refractivity contribution in [2.24, 2.45) is 7.05 Å². The van der Waals surface area contributed by atoms with E-state index in [0.29, 0.717) is 22.4 Å². The molecule has 0 saturated carbocycles. The highest BCUT2D eigenvalue weighted by atomic mass is 16.5. The van der Waals surface area contributed by atoms with Crippen molar-refractivity contribution < 1.29 is 9.47 Å². The van der Waals surface area contributed by atoms with Gasteiger partial charge in [-0.2, -0.15) is 0 Å². The van der Waals surface area contributed by atoms with Gasteiger partial charge in [0.1, 0.15) is 16.7 Å². The molecule has 3 aromatic carbocycles. The summed E-state index contributed by atoms with van der Waals surface area (Å²) in [4.78, 5) is 13.0. The molecule has 0 aliphatic rings. The first-order valence-corrected chi connectivity index (χ1v) is 7.98. The number of ether oxygens (including phenoxy) is 2. The third-order valence-corrected chi connectivity index (χ3v) is 4.52. The largest absolute Gasteiger partial charge is 0.495 e. The molecule has 0 aliphatic heterocycles. The fourth-order valence-electron chi connectivity index (χ4n) is 3.46. The molecule has 0 fully saturated rings. The van der Waals surface area contributed by atoms with E-state index in [1.54, 1.807) is 25.9 Å². The molecule has 0 amide bonds. The molecule has 0 bridgehead atoms. The van der Waals surface area contributed by atoms with Gasteiger partial charge in [-0.25, -0.2) is 9.36 Å². The maximum absolute atomic E-state index is 13.0. The summed E-state index contributed by atoms with van der Waals surface area (Å²) in [5, 5.41) is 2.28. The predicted octanol–water partition coefficient (Wildman–Crippen LogP) is 3.50. The van der Waals surface area contributed by atoms with E-state index in [-0.39, 0.29) is 5.56 Å². The standard InChI is InChI=1S/C20H18N2O3/c1-21-20(23)16-17(22(21)13-9-5-4-6-10-13)19(25-3)15-12-8-7-11-14(15)18(16)24-2/h4-12H,1-3H3. The Hall–Kier alpha value is -3.21. The Kier molecular flexibility index (Phi) is 3.50. The van der Waals surface area contributed by atoms with Crippen molar-refractivity contribution >= 4 is 21.7 Å². The Bertz CT molecular complexity index is 1140. The monoisotopic (exact) mass is 334 g/mol. The lowest BCUT2D eigenvalue weighted by Crippen LogP contribution is -2.18. The molecule has 0 spiro atoms. The molecule has 0 radical (unpaired) electrons. The van der Waals surface area contributed by atoms with Crippen LogP contribution in [-0.4, -0.2) is 23.6 Å². The average molecular weight is 334 g/mol. The fourth-order valence-corrected chi connectivity index (χ4v) is 3.46. The zero-order chi connectivity index (χ0) is 17.6. The van der Waals surface area contributed by atoms with E-state index in [4.69, 9.17) is 9.47 Å². The third-order valence-electron chi connectivity index (χ3n) is 4.52. The molecule has 0 aliphatic carbocycles. The summed E-state index contributed by atoms with van der Waals surface area (Å²) in [6.07, 6.45) is 0. The van der Waals surface area contributed by atoms with Gasteiger partial charge in [0.15, 0.2) is 5.75 Å². The second kappa shape index (κ2) is 5.70. The van der Waals surface area contributed by atoms with Crippen LogP contribution in [0.3, 0.4) is 0 Å². The first-order valence-electron chi connectivity index (χ1n) is 7.98. The molecular weight excluding hydrogens is 316 g/mol. The number of hydrogen-bond donors (Lipinski definition) is 0. The van der Waals surface area contributed by atoms with Gasteiger partial charge in [0.05, 0.1) is 19.9 Å². The van der Waals surface area contributed by atoms with Crippen molar-refractivity contribution in [2.45, 2.75) is 0 Å². The van der Waals surface area contributed by atoms with E-state index in [9.17, 15) is 4.79 Å². The number of aromatic nitrogens is 2. The average Bonchev–Trinajstić information content (AvgIpc) is 2.92. The van der Waals surface area contributed by atoms with E-state index >= 15 is 0 Å². The van der Waals surface area contributed by atoms with E-state index < -0.39 is 0 Å². The molecule has 0 atom stereocenters. The topological polar surface area (TPSA) is 45.4 Å². The molecule has 0 saturated heterocycles. The quantitative estimate of drug-likeness (QED) is 0.576. The maximum Gasteiger partial charge on any atom is 0.278 e. The minimum Gasteiger partial charge on any atom is -0.495 e. The van der Waals surface area contributed by atoms with Gasteiger partial charge >= 0.3 is 0 Å². The molecule has 5 nitrogen and oxygen atoms in total. The Morgan fingerprint density at radius 2 is 1.36 bits per heavy atom. The van der Waals surface area contributed by atoms with Crippen LogP contribution in [-0.2, 0) is 7.05 Å². The number of rotatable bonds is 3. The molecule has 0 N–H and O–H groups in total. The van der Waals surface area contributed by atoms with Crippen molar-refractivity contribution in [1.29, 1.82) is 0 Å². The van der Waals surface area contributed by atoms with Gasteiger partial charge in [-0.15, -0.1) is 0 Å². The third kappa shape index (κ3) is 2.05. The van der Waals surface area contributed by atoms with Crippen molar-refractivity contribution in [1.82, 2.24) is 9.36 Å². The van der Waals surface area contributed by atoms with Gasteiger partial charge < -0.3 is 9.47 Å². The van der Waals surface area contributed by atoms with Crippen LogP contribution in [0.4, 0.5) is 0 Å². The van der Waals surface area contributed by atoms with Crippen molar-refractivity contribution in [2.75, 3.05) is 14.2 Å². The number of fused-ring (bicyclic) bond motifs is 2. The summed E-state index contributed by atoms with van der Waals surface area (Å²) in [7, 11) is 4.96. The maximum atomic E-state index is 13.0. The Morgan fingerprint density at radius 3 is 1.96 bits per heavy atom. The second-order valence-electron chi connectivity index (χ2n) is 5.81. The zero-order valence-electron chi connectivity index (χ0n) is 14.3. The van der Waals surface area contributed by atoms with Gasteiger partial charge in [-0.3, -0.25) is 4.79 Å². The van der Waals surface area contributed by atoms with Crippen LogP contribution in [0.15, 0.2) is 59.4 Å². The molecule has 5 heteroatoms. The summed E-state index contributed by atoms with van der Waals surface area (Å²) >= 11 is 0. The van der Waals surface area contributed by atoms with Gasteiger partial charge in [0.25, 0.3) is 5.56 Å². The summed E-state index contributed by atoms with van der Waals surface area (Å²) in [6, 6.07) is 17.5. The highest BCUT2D eigenvalue weighted by molar-refractivity contribution is 6.10. The van der Waals surface area contributed by atoms with Crippen molar-refractivity contribution in [3.8, 4) is 17.2 Å². The predicted molar refractivity (Wildman–Crippen MR) is 99.1 cm³/mol. The number of hydrogen-bond acceptors (Lipinski definition) is 3. The zero-order valence-corrected chi connectivity index (χ0v) is 14.3. The summed E-state index contributed by atoms with van der Waals surface area (Å²) in [5.41, 5.74) is 1.46. The van der Waals surface area contributed by atoms with E-state index in [0.717, 1.165) is 16.5 Å². The molecule has 25 heavy (non-hydrogen) atoms. The lowest BCUT2D eigenvalue weighted by atomic mass is 10.0. The van der Waals surface area contributed by atoms with E-state index in [1.165, 1.54) is 0 Å². The van der Waals surface area contributed by atoms with Crippen molar-refractivity contribution in [3.05, 3.63) is 65.0 Å². The lowest BCUT2D eigenvalue weighted by Gasteiger charge is -2.15. The number of para-hydroxylation sites is 1. The molecular formula is C20H18N2O3. The smallest absolute Gasteiger partial charge is 0.278 e. The number of methoxy groups -OCH3 is 2. The minimum atomic E-state index is -0.125. The Morgan fingerprint density at radius 1 is 0.800 bits per heavy atom. The van der Waals surface area contributed by atoms with Crippen LogP contribution in [0.5, 0.6) is 11.5 Å². The van der Waals surface area contributed by atoms with E-state index in [1.807, 2.05) is 59.3 Å². The van der Waals surface area contributed by atoms with Gasteiger partial charge in [0, 0.05) is 17.8 Å². The highest BCUT2D eigenvalue weighted by Crippen LogP contribution is 2.41. The molecule has 4 aromatic rings. The number of benzene rings is 3. The van der Waals surface area contributed by atoms with Crippen LogP contribution in [0.1, 0.15) is 0 Å². The highest BCUT2D eigenvalue weighted by Gasteiger charge is 2.24. The summed E-state index contributed by atoms with van der Waals surface area (Å²) in [6.45, 7) is 0. The van der Waals surface area contributed by atoms with Crippen molar-refractivity contribution in [3.63, 3.8) is 0 Å². The first kappa shape index (κ1) is 15.3.